The van der Waals surface area contributed by atoms with Crippen molar-refractivity contribution >= 4 is 16.5 Å². The van der Waals surface area contributed by atoms with Gasteiger partial charge in [-0.15, -0.1) is 21.5 Å². The maximum absolute atomic E-state index is 4.46. The van der Waals surface area contributed by atoms with Gasteiger partial charge in [0.1, 0.15) is 12.2 Å². The first-order valence-corrected chi connectivity index (χ1v) is 7.29. The molecule has 0 amide bonds. The zero-order chi connectivity index (χ0) is 13.7. The molecule has 2 aromatic rings. The largest absolute Gasteiger partial charge is 0.349 e. The van der Waals surface area contributed by atoms with Crippen LogP contribution in [-0.4, -0.2) is 32.8 Å². The molecule has 0 aliphatic rings. The van der Waals surface area contributed by atoms with E-state index in [0.29, 0.717) is 0 Å². The van der Waals surface area contributed by atoms with E-state index < -0.39 is 0 Å². The molecule has 2 aromatic heterocycles. The van der Waals surface area contributed by atoms with Gasteiger partial charge in [-0.1, -0.05) is 0 Å². The first-order valence-electron chi connectivity index (χ1n) is 6.47. The number of aryl methyl sites for hydroxylation is 1. The molecule has 7 heteroatoms. The van der Waals surface area contributed by atoms with Gasteiger partial charge in [-0.3, -0.25) is 0 Å². The summed E-state index contributed by atoms with van der Waals surface area (Å²) in [7, 11) is 1.95. The molecule has 0 bridgehead atoms. The van der Waals surface area contributed by atoms with Crippen LogP contribution in [0.5, 0.6) is 0 Å². The van der Waals surface area contributed by atoms with E-state index in [2.05, 4.69) is 39.2 Å². The molecule has 6 nitrogen and oxygen atoms in total. The van der Waals surface area contributed by atoms with E-state index in [1.165, 1.54) is 4.88 Å². The van der Waals surface area contributed by atoms with Gasteiger partial charge in [0.25, 0.3) is 0 Å². The normalized spacial score (nSPS) is 10.9. The van der Waals surface area contributed by atoms with Gasteiger partial charge in [0.15, 0.2) is 5.13 Å². The van der Waals surface area contributed by atoms with Crippen LogP contribution in [0.2, 0.25) is 0 Å². The van der Waals surface area contributed by atoms with Crippen LogP contribution in [-0.2, 0) is 20.1 Å². The zero-order valence-electron chi connectivity index (χ0n) is 11.6. The lowest BCUT2D eigenvalue weighted by Gasteiger charge is -2.16. The molecular weight excluding hydrogens is 260 g/mol. The summed E-state index contributed by atoms with van der Waals surface area (Å²) in [5.74, 6) is 0.938. The summed E-state index contributed by atoms with van der Waals surface area (Å²) in [5.41, 5.74) is 0. The molecule has 1 N–H and O–H groups in total. The fraction of sp³-hybridized carbons (Fsp3) is 0.583. The van der Waals surface area contributed by atoms with Crippen LogP contribution in [0.3, 0.4) is 0 Å². The highest BCUT2D eigenvalue weighted by molar-refractivity contribution is 7.15. The van der Waals surface area contributed by atoms with Gasteiger partial charge in [-0.2, -0.15) is 0 Å². The quantitative estimate of drug-likeness (QED) is 0.831. The lowest BCUT2D eigenvalue weighted by Crippen LogP contribution is -2.21. The highest BCUT2D eigenvalue weighted by Gasteiger charge is 2.07. The van der Waals surface area contributed by atoms with E-state index in [1.54, 1.807) is 17.7 Å². The van der Waals surface area contributed by atoms with Crippen LogP contribution >= 0.6 is 11.3 Å². The average molecular weight is 280 g/mol. The number of aromatic nitrogens is 4. The molecule has 2 heterocycles. The smallest absolute Gasteiger partial charge is 0.185 e. The summed E-state index contributed by atoms with van der Waals surface area (Å²) < 4.78 is 1.92. The van der Waals surface area contributed by atoms with Crippen molar-refractivity contribution in [3.63, 3.8) is 0 Å². The van der Waals surface area contributed by atoms with Crippen LogP contribution in [0.25, 0.3) is 0 Å². The molecule has 0 aliphatic carbocycles. The van der Waals surface area contributed by atoms with Crippen molar-refractivity contribution in [2.75, 3.05) is 18.0 Å². The van der Waals surface area contributed by atoms with Crippen molar-refractivity contribution in [3.8, 4) is 0 Å². The number of nitrogens with one attached hydrogen (secondary N) is 1. The molecular formula is C12H20N6S. The summed E-state index contributed by atoms with van der Waals surface area (Å²) in [6.07, 6.45) is 3.66. The minimum absolute atomic E-state index is 0.717. The Bertz CT molecular complexity index is 502. The molecule has 0 spiro atoms. The number of thiazole rings is 1. The summed E-state index contributed by atoms with van der Waals surface area (Å²) >= 11 is 1.74. The summed E-state index contributed by atoms with van der Waals surface area (Å²) in [5, 5.41) is 12.3. The number of rotatable bonds is 7. The van der Waals surface area contributed by atoms with Crippen LogP contribution in [0.4, 0.5) is 5.13 Å². The Labute approximate surface area is 117 Å². The highest BCUT2D eigenvalue weighted by Crippen LogP contribution is 2.21. The number of hydrogen-bond donors (Lipinski definition) is 1. The maximum Gasteiger partial charge on any atom is 0.185 e. The first kappa shape index (κ1) is 14.0. The Morgan fingerprint density at radius 2 is 2.11 bits per heavy atom. The SMILES string of the molecule is CCN(CC)c1ncc(CNCc2nncn2C)s1. The van der Waals surface area contributed by atoms with Crippen LogP contribution < -0.4 is 10.2 Å². The monoisotopic (exact) mass is 280 g/mol. The minimum Gasteiger partial charge on any atom is -0.349 e. The Kier molecular flexibility index (Phi) is 4.86. The third-order valence-electron chi connectivity index (χ3n) is 2.96. The zero-order valence-corrected chi connectivity index (χ0v) is 12.4. The molecule has 0 atom stereocenters. The third kappa shape index (κ3) is 3.51. The molecule has 0 aromatic carbocycles. The predicted molar refractivity (Wildman–Crippen MR) is 77.2 cm³/mol. The van der Waals surface area contributed by atoms with Gasteiger partial charge in [-0.25, -0.2) is 4.98 Å². The summed E-state index contributed by atoms with van der Waals surface area (Å²) in [4.78, 5) is 7.96. The van der Waals surface area contributed by atoms with Crippen molar-refractivity contribution in [1.82, 2.24) is 25.1 Å². The number of hydrogen-bond acceptors (Lipinski definition) is 6. The lowest BCUT2D eigenvalue weighted by atomic mass is 10.5. The van der Waals surface area contributed by atoms with Crippen molar-refractivity contribution in [3.05, 3.63) is 23.2 Å². The maximum atomic E-state index is 4.46. The van der Waals surface area contributed by atoms with E-state index in [1.807, 2.05) is 17.8 Å². The molecule has 104 valence electrons. The molecule has 0 radical (unpaired) electrons. The first-order chi connectivity index (χ1) is 9.24. The van der Waals surface area contributed by atoms with Gasteiger partial charge in [0, 0.05) is 37.8 Å². The van der Waals surface area contributed by atoms with Crippen LogP contribution in [0.15, 0.2) is 12.5 Å². The minimum atomic E-state index is 0.717. The second-order valence-electron chi connectivity index (χ2n) is 4.24. The van der Waals surface area contributed by atoms with Gasteiger partial charge < -0.3 is 14.8 Å². The second kappa shape index (κ2) is 6.63. The highest BCUT2D eigenvalue weighted by atomic mass is 32.1. The fourth-order valence-corrected chi connectivity index (χ4v) is 2.79. The van der Waals surface area contributed by atoms with Crippen LogP contribution in [0.1, 0.15) is 24.5 Å². The number of nitrogens with zero attached hydrogens (tertiary/aromatic N) is 5. The van der Waals surface area contributed by atoms with E-state index >= 15 is 0 Å². The Morgan fingerprint density at radius 1 is 1.32 bits per heavy atom. The van der Waals surface area contributed by atoms with Gasteiger partial charge in [0.05, 0.1) is 6.54 Å². The molecule has 0 aliphatic heterocycles. The number of anilines is 1. The second-order valence-corrected chi connectivity index (χ2v) is 5.34. The van der Waals surface area contributed by atoms with Gasteiger partial charge in [0.2, 0.25) is 0 Å². The van der Waals surface area contributed by atoms with E-state index in [4.69, 9.17) is 0 Å². The standard InChI is InChI=1S/C12H20N6S/c1-4-18(5-2)12-14-7-10(19-12)6-13-8-11-16-15-9-17(11)3/h7,9,13H,4-6,8H2,1-3H3. The third-order valence-corrected chi connectivity index (χ3v) is 4.02. The van der Waals surface area contributed by atoms with Crippen LogP contribution in [0, 0.1) is 0 Å². The molecule has 0 unspecified atom stereocenters. The Hall–Kier alpha value is -1.47. The molecule has 0 saturated heterocycles. The van der Waals surface area contributed by atoms with Crippen molar-refractivity contribution < 1.29 is 0 Å². The van der Waals surface area contributed by atoms with E-state index in [9.17, 15) is 0 Å². The van der Waals surface area contributed by atoms with E-state index in [0.717, 1.165) is 37.1 Å². The summed E-state index contributed by atoms with van der Waals surface area (Å²) in [6, 6.07) is 0. The average Bonchev–Trinajstić information content (AvgIpc) is 3.02. The molecule has 19 heavy (non-hydrogen) atoms. The molecule has 2 rings (SSSR count). The van der Waals surface area contributed by atoms with Crippen molar-refractivity contribution in [1.29, 1.82) is 0 Å². The van der Waals surface area contributed by atoms with Gasteiger partial charge in [-0.05, 0) is 13.8 Å². The van der Waals surface area contributed by atoms with Crippen molar-refractivity contribution in [2.24, 2.45) is 7.05 Å². The molecule has 0 saturated carbocycles. The van der Waals surface area contributed by atoms with E-state index in [-0.39, 0.29) is 0 Å². The summed E-state index contributed by atoms with van der Waals surface area (Å²) in [6.45, 7) is 7.82. The predicted octanol–water partition coefficient (Wildman–Crippen LogP) is 1.41. The fourth-order valence-electron chi connectivity index (χ4n) is 1.78. The topological polar surface area (TPSA) is 58.9 Å². The Morgan fingerprint density at radius 3 is 2.74 bits per heavy atom. The molecule has 0 fully saturated rings. The van der Waals surface area contributed by atoms with Gasteiger partial charge >= 0.3 is 0 Å². The lowest BCUT2D eigenvalue weighted by molar-refractivity contribution is 0.641. The Balaban J connectivity index is 1.85. The van der Waals surface area contributed by atoms with Crippen molar-refractivity contribution in [2.45, 2.75) is 26.9 Å².